The Morgan fingerprint density at radius 3 is 2.14 bits per heavy atom. The largest absolute Gasteiger partial charge is 0.307 e. The van der Waals surface area contributed by atoms with E-state index < -0.39 is 10.0 Å². The average molecular weight is 324 g/mol. The van der Waals surface area contributed by atoms with Crippen LogP contribution < -0.4 is 5.32 Å². The fourth-order valence-corrected chi connectivity index (χ4v) is 3.92. The van der Waals surface area contributed by atoms with Crippen LogP contribution in [0.1, 0.15) is 51.1 Å². The maximum Gasteiger partial charge on any atom is 0.242 e. The molecule has 1 aromatic carbocycles. The van der Waals surface area contributed by atoms with Crippen molar-refractivity contribution in [3.63, 3.8) is 0 Å². The van der Waals surface area contributed by atoms with Crippen molar-refractivity contribution in [3.05, 3.63) is 29.8 Å². The molecule has 0 spiro atoms. The Balaban J connectivity index is 2.01. The third kappa shape index (κ3) is 4.09. The van der Waals surface area contributed by atoms with E-state index in [-0.39, 0.29) is 6.04 Å². The molecule has 1 fully saturated rings. The number of benzene rings is 1. The summed E-state index contributed by atoms with van der Waals surface area (Å²) in [6, 6.07) is 8.06. The van der Waals surface area contributed by atoms with Gasteiger partial charge in [0.1, 0.15) is 0 Å². The molecule has 1 saturated carbocycles. The highest BCUT2D eigenvalue weighted by molar-refractivity contribution is 7.89. The standard InChI is InChI=1S/C17H28N2O2S/c1-13-5-9-16(10-6-13)18-14(2)15-7-11-17(12-8-15)22(20,21)19(3)4/h7-8,11-14,16,18H,5-6,9-10H2,1-4H3. The molecule has 0 radical (unpaired) electrons. The van der Waals surface area contributed by atoms with Crippen LogP contribution >= 0.6 is 0 Å². The molecule has 4 nitrogen and oxygen atoms in total. The van der Waals surface area contributed by atoms with Gasteiger partial charge in [-0.25, -0.2) is 12.7 Å². The number of hydrogen-bond acceptors (Lipinski definition) is 3. The predicted octanol–water partition coefficient (Wildman–Crippen LogP) is 3.17. The van der Waals surface area contributed by atoms with Gasteiger partial charge in [0.15, 0.2) is 0 Å². The van der Waals surface area contributed by atoms with Gasteiger partial charge in [0.25, 0.3) is 0 Å². The zero-order valence-corrected chi connectivity index (χ0v) is 14.9. The number of sulfonamides is 1. The monoisotopic (exact) mass is 324 g/mol. The van der Waals surface area contributed by atoms with Gasteiger partial charge in [0, 0.05) is 26.2 Å². The Morgan fingerprint density at radius 2 is 1.64 bits per heavy atom. The van der Waals surface area contributed by atoms with E-state index in [0.29, 0.717) is 10.9 Å². The minimum Gasteiger partial charge on any atom is -0.307 e. The van der Waals surface area contributed by atoms with Gasteiger partial charge in [-0.05, 0) is 56.2 Å². The average Bonchev–Trinajstić information content (AvgIpc) is 2.49. The zero-order chi connectivity index (χ0) is 16.3. The summed E-state index contributed by atoms with van der Waals surface area (Å²) in [6.07, 6.45) is 5.06. The van der Waals surface area contributed by atoms with E-state index in [9.17, 15) is 8.42 Å². The molecular formula is C17H28N2O2S. The molecule has 0 heterocycles. The highest BCUT2D eigenvalue weighted by Gasteiger charge is 2.21. The summed E-state index contributed by atoms with van der Waals surface area (Å²) < 4.78 is 25.4. The smallest absolute Gasteiger partial charge is 0.242 e. The van der Waals surface area contributed by atoms with Crippen LogP contribution in [-0.2, 0) is 10.0 Å². The van der Waals surface area contributed by atoms with E-state index >= 15 is 0 Å². The van der Waals surface area contributed by atoms with Crippen LogP contribution in [0.25, 0.3) is 0 Å². The van der Waals surface area contributed by atoms with Gasteiger partial charge in [-0.1, -0.05) is 19.1 Å². The highest BCUT2D eigenvalue weighted by atomic mass is 32.2. The van der Waals surface area contributed by atoms with Gasteiger partial charge in [0.2, 0.25) is 10.0 Å². The molecule has 1 aromatic rings. The second kappa shape index (κ2) is 7.11. The summed E-state index contributed by atoms with van der Waals surface area (Å²) in [5.41, 5.74) is 1.14. The lowest BCUT2D eigenvalue weighted by molar-refractivity contribution is 0.291. The lowest BCUT2D eigenvalue weighted by atomic mass is 9.87. The van der Waals surface area contributed by atoms with Crippen LogP contribution in [0.5, 0.6) is 0 Å². The van der Waals surface area contributed by atoms with Crippen LogP contribution in [0.4, 0.5) is 0 Å². The van der Waals surface area contributed by atoms with E-state index in [1.54, 1.807) is 26.2 Å². The Labute approximate surface area is 135 Å². The predicted molar refractivity (Wildman–Crippen MR) is 90.3 cm³/mol. The van der Waals surface area contributed by atoms with E-state index in [0.717, 1.165) is 11.5 Å². The molecule has 1 atom stereocenters. The maximum atomic E-state index is 12.1. The Kier molecular flexibility index (Phi) is 5.64. The lowest BCUT2D eigenvalue weighted by Gasteiger charge is -2.30. The van der Waals surface area contributed by atoms with Crippen LogP contribution in [-0.4, -0.2) is 32.9 Å². The summed E-state index contributed by atoms with van der Waals surface area (Å²) >= 11 is 0. The molecule has 0 bridgehead atoms. The highest BCUT2D eigenvalue weighted by Crippen LogP contribution is 2.26. The number of nitrogens with zero attached hydrogens (tertiary/aromatic N) is 1. The minimum absolute atomic E-state index is 0.245. The molecular weight excluding hydrogens is 296 g/mol. The van der Waals surface area contributed by atoms with Crippen LogP contribution in [0.2, 0.25) is 0 Å². The van der Waals surface area contributed by atoms with E-state index in [2.05, 4.69) is 19.2 Å². The molecule has 0 saturated heterocycles. The summed E-state index contributed by atoms with van der Waals surface area (Å²) in [5, 5.41) is 3.68. The van der Waals surface area contributed by atoms with Crippen molar-refractivity contribution < 1.29 is 8.42 Å². The Morgan fingerprint density at radius 1 is 1.09 bits per heavy atom. The fraction of sp³-hybridized carbons (Fsp3) is 0.647. The topological polar surface area (TPSA) is 49.4 Å². The van der Waals surface area contributed by atoms with Crippen molar-refractivity contribution in [2.75, 3.05) is 14.1 Å². The molecule has 2 rings (SSSR count). The first kappa shape index (κ1) is 17.4. The van der Waals surface area contributed by atoms with Crippen molar-refractivity contribution in [2.45, 2.75) is 56.5 Å². The van der Waals surface area contributed by atoms with Crippen molar-refractivity contribution >= 4 is 10.0 Å². The third-order valence-electron chi connectivity index (χ3n) is 4.66. The van der Waals surface area contributed by atoms with Crippen molar-refractivity contribution in [3.8, 4) is 0 Å². The molecule has 5 heteroatoms. The maximum absolute atomic E-state index is 12.1. The zero-order valence-electron chi connectivity index (χ0n) is 14.0. The lowest BCUT2D eigenvalue weighted by Crippen LogP contribution is -2.34. The molecule has 0 amide bonds. The molecule has 1 unspecified atom stereocenters. The van der Waals surface area contributed by atoms with Gasteiger partial charge >= 0.3 is 0 Å². The molecule has 1 aliphatic carbocycles. The number of nitrogens with one attached hydrogen (secondary N) is 1. The van der Waals surface area contributed by atoms with E-state index in [1.807, 2.05) is 12.1 Å². The first-order chi connectivity index (χ1) is 10.3. The molecule has 124 valence electrons. The summed E-state index contributed by atoms with van der Waals surface area (Å²) in [5.74, 6) is 0.851. The van der Waals surface area contributed by atoms with Crippen molar-refractivity contribution in [1.82, 2.24) is 9.62 Å². The van der Waals surface area contributed by atoms with Crippen LogP contribution in [0.15, 0.2) is 29.2 Å². The van der Waals surface area contributed by atoms with Gasteiger partial charge in [0.05, 0.1) is 4.90 Å². The van der Waals surface area contributed by atoms with Gasteiger partial charge < -0.3 is 5.32 Å². The molecule has 0 aliphatic heterocycles. The van der Waals surface area contributed by atoms with Gasteiger partial charge in [-0.3, -0.25) is 0 Å². The number of hydrogen-bond donors (Lipinski definition) is 1. The Bertz CT molecular complexity index is 573. The third-order valence-corrected chi connectivity index (χ3v) is 6.49. The summed E-state index contributed by atoms with van der Waals surface area (Å²) in [4.78, 5) is 0.347. The summed E-state index contributed by atoms with van der Waals surface area (Å²) in [6.45, 7) is 4.47. The normalized spacial score (nSPS) is 24.4. The van der Waals surface area contributed by atoms with Crippen molar-refractivity contribution in [2.24, 2.45) is 5.92 Å². The quantitative estimate of drug-likeness (QED) is 0.905. The van der Waals surface area contributed by atoms with Crippen LogP contribution in [0.3, 0.4) is 0 Å². The van der Waals surface area contributed by atoms with E-state index in [4.69, 9.17) is 0 Å². The fourth-order valence-electron chi connectivity index (χ4n) is 3.02. The molecule has 1 N–H and O–H groups in total. The number of rotatable bonds is 5. The van der Waals surface area contributed by atoms with Crippen molar-refractivity contribution in [1.29, 1.82) is 0 Å². The van der Waals surface area contributed by atoms with E-state index in [1.165, 1.54) is 30.0 Å². The molecule has 1 aliphatic rings. The second-order valence-corrected chi connectivity index (χ2v) is 8.85. The second-order valence-electron chi connectivity index (χ2n) is 6.70. The molecule has 22 heavy (non-hydrogen) atoms. The first-order valence-electron chi connectivity index (χ1n) is 8.09. The SMILES string of the molecule is CC1CCC(NC(C)c2ccc(S(=O)(=O)N(C)C)cc2)CC1. The molecule has 0 aromatic heterocycles. The summed E-state index contributed by atoms with van der Waals surface area (Å²) in [7, 11) is -0.234. The Hall–Kier alpha value is -0.910. The van der Waals surface area contributed by atoms with Crippen LogP contribution in [0, 0.1) is 5.92 Å². The van der Waals surface area contributed by atoms with Gasteiger partial charge in [-0.15, -0.1) is 0 Å². The van der Waals surface area contributed by atoms with Gasteiger partial charge in [-0.2, -0.15) is 0 Å². The minimum atomic E-state index is -3.34. The first-order valence-corrected chi connectivity index (χ1v) is 9.53.